The van der Waals surface area contributed by atoms with Gasteiger partial charge in [0.25, 0.3) is 0 Å². The quantitative estimate of drug-likeness (QED) is 0.0967. The van der Waals surface area contributed by atoms with E-state index in [9.17, 15) is 0 Å². The minimum absolute atomic E-state index is 0.539. The zero-order valence-corrected chi connectivity index (χ0v) is 82.1. The molecule has 0 amide bonds. The number of hydrogen-bond acceptors (Lipinski definition) is 4. The molecule has 4 heteroatoms. The maximum Gasteiger partial charge on any atom is 0.143 e. The lowest BCUT2D eigenvalue weighted by Crippen LogP contribution is -1.87. The molecule has 692 valence electrons. The lowest BCUT2D eigenvalue weighted by Gasteiger charge is -2.08. The minimum Gasteiger partial charge on any atom is -0.456 e. The van der Waals surface area contributed by atoms with Crippen LogP contribution in [0.5, 0.6) is 0 Å². The fourth-order valence-electron chi connectivity index (χ4n) is 20.6. The normalized spacial score (nSPS) is 11.6. The molecule has 0 bridgehead atoms. The summed E-state index contributed by atoms with van der Waals surface area (Å²) < 4.78 is 25.7. The fraction of sp³-hybridized carbons (Fsp3) is 0.0857. The molecule has 4 heterocycles. The predicted molar refractivity (Wildman–Crippen MR) is 611 cm³/mol. The molecule has 0 saturated carbocycles. The van der Waals surface area contributed by atoms with E-state index in [1.165, 1.54) is 144 Å². The SMILES string of the molecule is CC(C)c1ccc(-c2ccc(-c3ccc4oc5ccc(-c6cccc7ccccc67)cc5c4c3)cc2)cc1.CC(C)c1ccc(-c2ccc(-c3ccc4oc5ccc(-c6ccccc6)cc5c4c3)cc2)cc1.CC(C)c1ccc(-c2ccc(-c3cccc4c3oc3c(-c5cccc6ccccc56)cccc34)cc2)cc1.CC(C)c1ccc(-c2ccc(-c3cccc4c3oc3c(-c5ccccc5)cccc34)cc2)cc1. The van der Waals surface area contributed by atoms with Crippen LogP contribution in [0.25, 0.3) is 243 Å². The molecule has 4 nitrogen and oxygen atoms in total. The van der Waals surface area contributed by atoms with Gasteiger partial charge in [-0.25, -0.2) is 0 Å². The highest BCUT2D eigenvalue weighted by Gasteiger charge is 2.22. The molecule has 4 aromatic heterocycles. The number of benzene rings is 22. The maximum atomic E-state index is 6.72. The second-order valence-electron chi connectivity index (χ2n) is 39.2. The Bertz CT molecular complexity index is 9140. The highest BCUT2D eigenvalue weighted by Crippen LogP contribution is 2.47. The first-order chi connectivity index (χ1) is 70.6. The van der Waals surface area contributed by atoms with Crippen LogP contribution in [0.1, 0.15) is 101 Å². The van der Waals surface area contributed by atoms with Crippen molar-refractivity contribution in [2.45, 2.75) is 79.1 Å². The van der Waals surface area contributed by atoms with Gasteiger partial charge in [0.2, 0.25) is 0 Å². The Morgan fingerprint density at radius 3 is 0.653 bits per heavy atom. The number of hydrogen-bond donors (Lipinski definition) is 0. The molecule has 0 atom stereocenters. The lowest BCUT2D eigenvalue weighted by molar-refractivity contribution is 0.668. The van der Waals surface area contributed by atoms with E-state index in [4.69, 9.17) is 17.7 Å². The first-order valence-corrected chi connectivity index (χ1v) is 50.4. The smallest absolute Gasteiger partial charge is 0.143 e. The van der Waals surface area contributed by atoms with Crippen molar-refractivity contribution in [2.24, 2.45) is 0 Å². The summed E-state index contributed by atoms with van der Waals surface area (Å²) in [7, 11) is 0. The summed E-state index contributed by atoms with van der Waals surface area (Å²) in [6, 6.07) is 174. The second-order valence-corrected chi connectivity index (χ2v) is 39.2. The zero-order chi connectivity index (χ0) is 97.4. The largest absolute Gasteiger partial charge is 0.456 e. The van der Waals surface area contributed by atoms with Crippen LogP contribution in [-0.4, -0.2) is 0 Å². The van der Waals surface area contributed by atoms with Gasteiger partial charge in [0, 0.05) is 65.3 Å². The van der Waals surface area contributed by atoms with Crippen LogP contribution < -0.4 is 0 Å². The van der Waals surface area contributed by atoms with Crippen molar-refractivity contribution < 1.29 is 17.7 Å². The molecular formula is C140H108O4. The van der Waals surface area contributed by atoms with Crippen LogP contribution in [0, 0.1) is 0 Å². The third kappa shape index (κ3) is 18.1. The van der Waals surface area contributed by atoms with Crippen LogP contribution in [0.2, 0.25) is 0 Å². The highest BCUT2D eigenvalue weighted by atomic mass is 16.3. The first kappa shape index (κ1) is 90.4. The van der Waals surface area contributed by atoms with Crippen molar-refractivity contribution in [3.63, 3.8) is 0 Å². The van der Waals surface area contributed by atoms with Crippen LogP contribution in [0.4, 0.5) is 0 Å². The number of para-hydroxylation sites is 4. The molecule has 0 aliphatic heterocycles. The minimum atomic E-state index is 0.539. The van der Waals surface area contributed by atoms with Gasteiger partial charge in [0.1, 0.15) is 44.7 Å². The maximum absolute atomic E-state index is 6.72. The van der Waals surface area contributed by atoms with E-state index in [0.29, 0.717) is 23.7 Å². The molecule has 0 aliphatic carbocycles. The van der Waals surface area contributed by atoms with E-state index < -0.39 is 0 Å². The van der Waals surface area contributed by atoms with E-state index >= 15 is 0 Å². The van der Waals surface area contributed by atoms with Crippen molar-refractivity contribution in [3.05, 3.63) is 508 Å². The van der Waals surface area contributed by atoms with Gasteiger partial charge in [0.05, 0.1) is 0 Å². The zero-order valence-electron chi connectivity index (χ0n) is 82.1. The Kier molecular flexibility index (Phi) is 24.7. The molecular weight excluding hydrogens is 1750 g/mol. The van der Waals surface area contributed by atoms with Crippen molar-refractivity contribution in [1.29, 1.82) is 0 Å². The molecule has 0 saturated heterocycles. The van der Waals surface area contributed by atoms with Crippen molar-refractivity contribution in [3.8, 4) is 134 Å². The molecule has 0 aliphatic rings. The van der Waals surface area contributed by atoms with Gasteiger partial charge >= 0.3 is 0 Å². The molecule has 22 aromatic carbocycles. The van der Waals surface area contributed by atoms with E-state index in [1.807, 2.05) is 12.1 Å². The second kappa shape index (κ2) is 39.3. The average Bonchev–Trinajstić information content (AvgIpc) is 1.61. The summed E-state index contributed by atoms with van der Waals surface area (Å²) in [6.07, 6.45) is 0. The summed E-state index contributed by atoms with van der Waals surface area (Å²) in [6.45, 7) is 17.8. The summed E-state index contributed by atoms with van der Waals surface area (Å²) in [5, 5.41) is 14.2. The molecule has 26 aromatic rings. The van der Waals surface area contributed by atoms with Gasteiger partial charge in [-0.3, -0.25) is 0 Å². The lowest BCUT2D eigenvalue weighted by atomic mass is 9.96. The molecule has 0 unspecified atom stereocenters. The molecule has 144 heavy (non-hydrogen) atoms. The van der Waals surface area contributed by atoms with Crippen molar-refractivity contribution in [1.82, 2.24) is 0 Å². The monoisotopic (exact) mass is 1850 g/mol. The van der Waals surface area contributed by atoms with Crippen LogP contribution in [0.15, 0.2) is 503 Å². The summed E-state index contributed by atoms with van der Waals surface area (Å²) >= 11 is 0. The van der Waals surface area contributed by atoms with Gasteiger partial charge in [-0.15, -0.1) is 0 Å². The van der Waals surface area contributed by atoms with Crippen LogP contribution in [0.3, 0.4) is 0 Å². The van der Waals surface area contributed by atoms with E-state index in [-0.39, 0.29) is 0 Å². The Labute approximate surface area is 841 Å². The molecule has 26 rings (SSSR count). The average molecular weight is 1850 g/mol. The fourth-order valence-corrected chi connectivity index (χ4v) is 20.6. The number of fused-ring (bicyclic) bond motifs is 14. The topological polar surface area (TPSA) is 52.6 Å². The Hall–Kier alpha value is -17.4. The Balaban J connectivity index is 0.000000106. The predicted octanol–water partition coefficient (Wildman–Crippen LogP) is 41.1. The van der Waals surface area contributed by atoms with E-state index in [1.54, 1.807) is 0 Å². The summed E-state index contributed by atoms with van der Waals surface area (Å²) in [5.74, 6) is 2.18. The Morgan fingerprint density at radius 1 is 0.125 bits per heavy atom. The van der Waals surface area contributed by atoms with Gasteiger partial charge in [-0.05, 0) is 227 Å². The van der Waals surface area contributed by atoms with Crippen molar-refractivity contribution >= 4 is 109 Å². The molecule has 0 N–H and O–H groups in total. The van der Waals surface area contributed by atoms with E-state index in [0.717, 1.165) is 121 Å². The van der Waals surface area contributed by atoms with Crippen molar-refractivity contribution in [2.75, 3.05) is 0 Å². The van der Waals surface area contributed by atoms with Gasteiger partial charge in [0.15, 0.2) is 0 Å². The Morgan fingerprint density at radius 2 is 0.326 bits per heavy atom. The standard InChI is InChI=1S/2C37H28O.2C33H26O/c1-24(2)25-16-18-26(19-17-25)27-20-22-29(23-21-27)31-11-6-14-34-35-15-7-13-33(37(35)38-36(31)34)32-12-5-9-28-8-3-4-10-30(28)32;1-24(2)25-10-12-26(13-11-25)27-14-16-28(17-15-27)30-18-20-36-34(22-30)35-23-31(19-21-37(35)38-36)33-9-5-7-29-6-3-4-8-32(29)33;1-22(2)23-14-16-24(17-15-23)25-18-20-27(21-19-25)29-11-7-13-31-30-12-6-10-28(32(30)34-33(29)31)26-8-4-3-5-9-26;1-22(2)23-8-10-25(11-9-23)26-12-14-27(15-13-26)29-17-19-33-31(21-29)30-20-28(16-18-32(30)34-33)24-6-4-3-5-7-24/h2*3-24H,1-2H3;2*3-22H,1-2H3. The van der Waals surface area contributed by atoms with Gasteiger partial charge in [-0.2, -0.15) is 0 Å². The number of furan rings is 4. The van der Waals surface area contributed by atoms with Crippen LogP contribution in [-0.2, 0) is 0 Å². The number of rotatable bonds is 16. The first-order valence-electron chi connectivity index (χ1n) is 50.4. The van der Waals surface area contributed by atoms with Crippen LogP contribution >= 0.6 is 0 Å². The van der Waals surface area contributed by atoms with Gasteiger partial charge < -0.3 is 17.7 Å². The molecule has 0 fully saturated rings. The summed E-state index contributed by atoms with van der Waals surface area (Å²) in [5.41, 5.74) is 41.6. The third-order valence-electron chi connectivity index (χ3n) is 28.8. The molecule has 0 spiro atoms. The van der Waals surface area contributed by atoms with Gasteiger partial charge in [-0.1, -0.05) is 492 Å². The third-order valence-corrected chi connectivity index (χ3v) is 28.8. The highest BCUT2D eigenvalue weighted by molar-refractivity contribution is 6.17. The van der Waals surface area contributed by atoms with E-state index in [2.05, 4.69) is 529 Å². The summed E-state index contributed by atoms with van der Waals surface area (Å²) in [4.78, 5) is 0. The molecule has 0 radical (unpaired) electrons.